The monoisotopic (exact) mass is 360 g/mol. The highest BCUT2D eigenvalue weighted by molar-refractivity contribution is 7.92. The molecular formula is C19H24N2O3S. The summed E-state index contributed by atoms with van der Waals surface area (Å²) in [5, 5.41) is 2.86. The van der Waals surface area contributed by atoms with Crippen LogP contribution in [0.1, 0.15) is 31.0 Å². The van der Waals surface area contributed by atoms with Gasteiger partial charge in [0.1, 0.15) is 6.54 Å². The van der Waals surface area contributed by atoms with Crippen molar-refractivity contribution in [3.8, 4) is 0 Å². The highest BCUT2D eigenvalue weighted by Crippen LogP contribution is 2.17. The second-order valence-electron chi connectivity index (χ2n) is 5.99. The molecule has 0 radical (unpaired) electrons. The van der Waals surface area contributed by atoms with Crippen LogP contribution < -0.4 is 9.62 Å². The van der Waals surface area contributed by atoms with Gasteiger partial charge in [0.25, 0.3) is 0 Å². The lowest BCUT2D eigenvalue weighted by molar-refractivity contribution is -0.120. The molecule has 0 fully saturated rings. The number of carbonyl (C=O) groups is 1. The fourth-order valence-electron chi connectivity index (χ4n) is 2.54. The number of hydrogen-bond acceptors (Lipinski definition) is 3. The average molecular weight is 360 g/mol. The Morgan fingerprint density at radius 2 is 1.68 bits per heavy atom. The molecular weight excluding hydrogens is 336 g/mol. The first kappa shape index (κ1) is 19.0. The van der Waals surface area contributed by atoms with E-state index < -0.39 is 10.0 Å². The Hall–Kier alpha value is -2.34. The topological polar surface area (TPSA) is 66.5 Å². The summed E-state index contributed by atoms with van der Waals surface area (Å²) >= 11 is 0. The predicted molar refractivity (Wildman–Crippen MR) is 101 cm³/mol. The lowest BCUT2D eigenvalue weighted by Crippen LogP contribution is -2.41. The van der Waals surface area contributed by atoms with Gasteiger partial charge in [-0.1, -0.05) is 49.4 Å². The van der Waals surface area contributed by atoms with Gasteiger partial charge in [-0.3, -0.25) is 9.10 Å². The predicted octanol–water partition coefficient (Wildman–Crippen LogP) is 2.89. The van der Waals surface area contributed by atoms with Crippen molar-refractivity contribution in [2.24, 2.45) is 0 Å². The van der Waals surface area contributed by atoms with Crippen LogP contribution in [0.15, 0.2) is 54.6 Å². The Labute approximate surface area is 149 Å². The van der Waals surface area contributed by atoms with E-state index in [-0.39, 0.29) is 18.5 Å². The number of sulfonamides is 1. The molecule has 0 aliphatic rings. The van der Waals surface area contributed by atoms with E-state index >= 15 is 0 Å². The average Bonchev–Trinajstić information content (AvgIpc) is 2.59. The van der Waals surface area contributed by atoms with E-state index in [1.165, 1.54) is 5.56 Å². The number of hydrogen-bond donors (Lipinski definition) is 1. The van der Waals surface area contributed by atoms with Crippen LogP contribution >= 0.6 is 0 Å². The van der Waals surface area contributed by atoms with Gasteiger partial charge in [0, 0.05) is 0 Å². The summed E-state index contributed by atoms with van der Waals surface area (Å²) < 4.78 is 25.2. The van der Waals surface area contributed by atoms with Gasteiger partial charge >= 0.3 is 0 Å². The fourth-order valence-corrected chi connectivity index (χ4v) is 3.39. The zero-order valence-corrected chi connectivity index (χ0v) is 15.6. The highest BCUT2D eigenvalue weighted by Gasteiger charge is 2.21. The van der Waals surface area contributed by atoms with Crippen molar-refractivity contribution in [1.82, 2.24) is 5.32 Å². The Kier molecular flexibility index (Phi) is 6.20. The van der Waals surface area contributed by atoms with E-state index in [0.29, 0.717) is 5.69 Å². The van der Waals surface area contributed by atoms with E-state index in [2.05, 4.69) is 12.2 Å². The maximum atomic E-state index is 12.4. The molecule has 134 valence electrons. The molecule has 0 bridgehead atoms. The molecule has 0 saturated carbocycles. The number of rotatable bonds is 7. The Bertz CT molecular complexity index is 802. The maximum absolute atomic E-state index is 12.4. The third-order valence-electron chi connectivity index (χ3n) is 4.00. The van der Waals surface area contributed by atoms with E-state index in [1.54, 1.807) is 30.3 Å². The van der Waals surface area contributed by atoms with E-state index in [1.807, 2.05) is 31.2 Å². The highest BCUT2D eigenvalue weighted by atomic mass is 32.2. The standard InChI is InChI=1S/C19H24N2O3S/c1-4-16-10-12-17(13-11-16)15(2)20-19(22)14-21(25(3,23)24)18-8-6-5-7-9-18/h5-13,15H,4,14H2,1-3H3,(H,20,22)/t15-/m1/s1. The van der Waals surface area contributed by atoms with Gasteiger partial charge in [-0.05, 0) is 36.6 Å². The van der Waals surface area contributed by atoms with Gasteiger partial charge in [0.15, 0.2) is 0 Å². The van der Waals surface area contributed by atoms with Gasteiger partial charge in [-0.2, -0.15) is 0 Å². The molecule has 1 amide bonds. The molecule has 2 aromatic rings. The van der Waals surface area contributed by atoms with Crippen LogP contribution in [0.25, 0.3) is 0 Å². The molecule has 0 aliphatic carbocycles. The van der Waals surface area contributed by atoms with Crippen LogP contribution in [0.5, 0.6) is 0 Å². The minimum absolute atomic E-state index is 0.199. The third kappa shape index (κ3) is 5.32. The van der Waals surface area contributed by atoms with Gasteiger partial charge < -0.3 is 5.32 Å². The molecule has 0 aliphatic heterocycles. The molecule has 6 heteroatoms. The molecule has 0 unspecified atom stereocenters. The molecule has 0 saturated heterocycles. The van der Waals surface area contributed by atoms with Crippen LogP contribution in [-0.2, 0) is 21.2 Å². The minimum atomic E-state index is -3.55. The van der Waals surface area contributed by atoms with Crippen LogP contribution in [0.3, 0.4) is 0 Å². The number of para-hydroxylation sites is 1. The summed E-state index contributed by atoms with van der Waals surface area (Å²) in [6.07, 6.45) is 2.06. The van der Waals surface area contributed by atoms with Crippen molar-refractivity contribution in [2.75, 3.05) is 17.1 Å². The first-order chi connectivity index (χ1) is 11.8. The van der Waals surface area contributed by atoms with Gasteiger partial charge in [0.2, 0.25) is 15.9 Å². The first-order valence-corrected chi connectivity index (χ1v) is 10.1. The van der Waals surface area contributed by atoms with Crippen molar-refractivity contribution in [3.05, 3.63) is 65.7 Å². The first-order valence-electron chi connectivity index (χ1n) is 8.22. The number of nitrogens with zero attached hydrogens (tertiary/aromatic N) is 1. The van der Waals surface area contributed by atoms with Crippen molar-refractivity contribution in [2.45, 2.75) is 26.3 Å². The van der Waals surface area contributed by atoms with Crippen LogP contribution in [0, 0.1) is 0 Å². The smallest absolute Gasteiger partial charge is 0.241 e. The molecule has 1 N–H and O–H groups in total. The lowest BCUT2D eigenvalue weighted by Gasteiger charge is -2.23. The summed E-state index contributed by atoms with van der Waals surface area (Å²) in [7, 11) is -3.55. The normalized spacial score (nSPS) is 12.4. The van der Waals surface area contributed by atoms with E-state index in [4.69, 9.17) is 0 Å². The number of amides is 1. The Morgan fingerprint density at radius 1 is 1.08 bits per heavy atom. The summed E-state index contributed by atoms with van der Waals surface area (Å²) in [6.45, 7) is 3.72. The molecule has 25 heavy (non-hydrogen) atoms. The van der Waals surface area contributed by atoms with Crippen LogP contribution in [0.2, 0.25) is 0 Å². The van der Waals surface area contributed by atoms with Gasteiger partial charge in [0.05, 0.1) is 18.0 Å². The molecule has 2 aromatic carbocycles. The number of anilines is 1. The minimum Gasteiger partial charge on any atom is -0.348 e. The number of aryl methyl sites for hydroxylation is 1. The third-order valence-corrected chi connectivity index (χ3v) is 5.14. The molecule has 1 atom stereocenters. The summed E-state index contributed by atoms with van der Waals surface area (Å²) in [4.78, 5) is 12.4. The Balaban J connectivity index is 2.08. The van der Waals surface area contributed by atoms with E-state index in [9.17, 15) is 13.2 Å². The molecule has 2 rings (SSSR count). The number of benzene rings is 2. The zero-order chi connectivity index (χ0) is 18.4. The quantitative estimate of drug-likeness (QED) is 0.826. The van der Waals surface area contributed by atoms with Crippen LogP contribution in [-0.4, -0.2) is 27.1 Å². The maximum Gasteiger partial charge on any atom is 0.241 e. The molecule has 0 heterocycles. The van der Waals surface area contributed by atoms with Crippen molar-refractivity contribution in [1.29, 1.82) is 0 Å². The second kappa shape index (κ2) is 8.16. The van der Waals surface area contributed by atoms with Gasteiger partial charge in [-0.15, -0.1) is 0 Å². The van der Waals surface area contributed by atoms with Crippen molar-refractivity contribution in [3.63, 3.8) is 0 Å². The molecule has 0 aromatic heterocycles. The van der Waals surface area contributed by atoms with Crippen molar-refractivity contribution < 1.29 is 13.2 Å². The van der Waals surface area contributed by atoms with E-state index in [0.717, 1.165) is 22.5 Å². The number of nitrogens with one attached hydrogen (secondary N) is 1. The molecule has 5 nitrogen and oxygen atoms in total. The second-order valence-corrected chi connectivity index (χ2v) is 7.90. The zero-order valence-electron chi connectivity index (χ0n) is 14.8. The van der Waals surface area contributed by atoms with Gasteiger partial charge in [-0.25, -0.2) is 8.42 Å². The van der Waals surface area contributed by atoms with Crippen molar-refractivity contribution >= 4 is 21.6 Å². The number of carbonyl (C=O) groups excluding carboxylic acids is 1. The summed E-state index contributed by atoms with van der Waals surface area (Å²) in [6, 6.07) is 16.4. The summed E-state index contributed by atoms with van der Waals surface area (Å²) in [5.41, 5.74) is 2.69. The molecule has 0 spiro atoms. The lowest BCUT2D eigenvalue weighted by atomic mass is 10.1. The summed E-state index contributed by atoms with van der Waals surface area (Å²) in [5.74, 6) is -0.346. The largest absolute Gasteiger partial charge is 0.348 e. The Morgan fingerprint density at radius 3 is 2.20 bits per heavy atom. The SMILES string of the molecule is CCc1ccc([C@@H](C)NC(=O)CN(c2ccccc2)S(C)(=O)=O)cc1. The van der Waals surface area contributed by atoms with Crippen LogP contribution in [0.4, 0.5) is 5.69 Å². The fraction of sp³-hybridized carbons (Fsp3) is 0.316.